The van der Waals surface area contributed by atoms with Crippen molar-refractivity contribution in [1.29, 1.82) is 0 Å². The molecule has 0 bridgehead atoms. The molecule has 0 fully saturated rings. The SMILES string of the molecule is Cc1cccc(NC(=O)c2ccc(S(=O)(=O)NCc3ccco3)cc2)c1C. The average Bonchev–Trinajstić information content (AvgIpc) is 3.18. The van der Waals surface area contributed by atoms with Crippen LogP contribution in [-0.4, -0.2) is 14.3 Å². The largest absolute Gasteiger partial charge is 0.468 e. The average molecular weight is 384 g/mol. The molecule has 6 nitrogen and oxygen atoms in total. The Kier molecular flexibility index (Phi) is 5.43. The molecule has 2 aromatic carbocycles. The molecule has 0 unspecified atom stereocenters. The zero-order chi connectivity index (χ0) is 19.4. The highest BCUT2D eigenvalue weighted by Gasteiger charge is 2.16. The van der Waals surface area contributed by atoms with Crippen molar-refractivity contribution in [3.8, 4) is 0 Å². The second-order valence-corrected chi connectivity index (χ2v) is 7.90. The summed E-state index contributed by atoms with van der Waals surface area (Å²) < 4.78 is 32.2. The van der Waals surface area contributed by atoms with Gasteiger partial charge in [0.25, 0.3) is 5.91 Å². The van der Waals surface area contributed by atoms with E-state index < -0.39 is 10.0 Å². The molecule has 0 aliphatic carbocycles. The first-order valence-electron chi connectivity index (χ1n) is 8.36. The Hall–Kier alpha value is -2.90. The van der Waals surface area contributed by atoms with Crippen LogP contribution in [0.25, 0.3) is 0 Å². The van der Waals surface area contributed by atoms with Gasteiger partial charge in [0, 0.05) is 11.3 Å². The standard InChI is InChI=1S/C20H20N2O4S/c1-14-5-3-7-19(15(14)2)22-20(23)16-8-10-18(11-9-16)27(24,25)21-13-17-6-4-12-26-17/h3-12,21H,13H2,1-2H3,(H,22,23). The smallest absolute Gasteiger partial charge is 0.255 e. The predicted molar refractivity (Wildman–Crippen MR) is 103 cm³/mol. The van der Waals surface area contributed by atoms with E-state index >= 15 is 0 Å². The number of nitrogens with one attached hydrogen (secondary N) is 2. The van der Waals surface area contributed by atoms with Gasteiger partial charge in [-0.25, -0.2) is 13.1 Å². The molecule has 0 aliphatic rings. The van der Waals surface area contributed by atoms with E-state index in [-0.39, 0.29) is 17.3 Å². The maximum atomic E-state index is 12.4. The van der Waals surface area contributed by atoms with Crippen molar-refractivity contribution in [1.82, 2.24) is 4.72 Å². The number of anilines is 1. The molecule has 140 valence electrons. The summed E-state index contributed by atoms with van der Waals surface area (Å²) in [5.74, 6) is 0.222. The van der Waals surface area contributed by atoms with Gasteiger partial charge < -0.3 is 9.73 Å². The van der Waals surface area contributed by atoms with E-state index in [2.05, 4.69) is 10.0 Å². The fourth-order valence-electron chi connectivity index (χ4n) is 2.53. The number of sulfonamides is 1. The summed E-state index contributed by atoms with van der Waals surface area (Å²) in [6, 6.07) is 14.8. The fraction of sp³-hybridized carbons (Fsp3) is 0.150. The summed E-state index contributed by atoms with van der Waals surface area (Å²) in [6.07, 6.45) is 1.48. The van der Waals surface area contributed by atoms with Gasteiger partial charge in [-0.05, 0) is 67.4 Å². The third-order valence-corrected chi connectivity index (χ3v) is 5.71. The van der Waals surface area contributed by atoms with E-state index in [1.807, 2.05) is 32.0 Å². The highest BCUT2D eigenvalue weighted by atomic mass is 32.2. The molecule has 0 saturated heterocycles. The van der Waals surface area contributed by atoms with E-state index in [1.54, 1.807) is 12.1 Å². The number of carbonyl (C=O) groups excluding carboxylic acids is 1. The lowest BCUT2D eigenvalue weighted by molar-refractivity contribution is 0.102. The van der Waals surface area contributed by atoms with Crippen molar-refractivity contribution in [2.75, 3.05) is 5.32 Å². The van der Waals surface area contributed by atoms with Crippen molar-refractivity contribution in [3.05, 3.63) is 83.3 Å². The van der Waals surface area contributed by atoms with Gasteiger partial charge in [-0.15, -0.1) is 0 Å². The Labute approximate surface area is 158 Å². The maximum absolute atomic E-state index is 12.4. The van der Waals surface area contributed by atoms with E-state index in [1.165, 1.54) is 30.5 Å². The van der Waals surface area contributed by atoms with Crippen molar-refractivity contribution in [3.63, 3.8) is 0 Å². The molecule has 0 atom stereocenters. The Morgan fingerprint density at radius 3 is 2.41 bits per heavy atom. The molecule has 1 heterocycles. The molecule has 3 rings (SSSR count). The summed E-state index contributed by atoms with van der Waals surface area (Å²) in [5, 5.41) is 2.85. The van der Waals surface area contributed by atoms with Crippen LogP contribution in [0.2, 0.25) is 0 Å². The van der Waals surface area contributed by atoms with Gasteiger partial charge in [0.05, 0.1) is 17.7 Å². The quantitative estimate of drug-likeness (QED) is 0.679. The van der Waals surface area contributed by atoms with Crippen LogP contribution in [-0.2, 0) is 16.6 Å². The Bertz CT molecular complexity index is 1040. The number of benzene rings is 2. The van der Waals surface area contributed by atoms with Crippen molar-refractivity contribution < 1.29 is 17.6 Å². The molecule has 27 heavy (non-hydrogen) atoms. The number of hydrogen-bond acceptors (Lipinski definition) is 4. The first-order chi connectivity index (χ1) is 12.9. The van der Waals surface area contributed by atoms with Gasteiger partial charge >= 0.3 is 0 Å². The van der Waals surface area contributed by atoms with Crippen molar-refractivity contribution >= 4 is 21.6 Å². The van der Waals surface area contributed by atoms with E-state index in [0.717, 1.165) is 16.8 Å². The molecule has 7 heteroatoms. The molecular formula is C20H20N2O4S. The van der Waals surface area contributed by atoms with E-state index in [4.69, 9.17) is 4.42 Å². The number of hydrogen-bond donors (Lipinski definition) is 2. The molecule has 3 aromatic rings. The van der Waals surface area contributed by atoms with Crippen LogP contribution in [0.4, 0.5) is 5.69 Å². The Balaban J connectivity index is 1.70. The lowest BCUT2D eigenvalue weighted by Gasteiger charge is -2.11. The number of amides is 1. The Morgan fingerprint density at radius 2 is 1.74 bits per heavy atom. The Morgan fingerprint density at radius 1 is 1.00 bits per heavy atom. The van der Waals surface area contributed by atoms with Crippen LogP contribution in [0.5, 0.6) is 0 Å². The van der Waals surface area contributed by atoms with Gasteiger partial charge in [-0.2, -0.15) is 0 Å². The molecule has 0 saturated carbocycles. The molecule has 0 radical (unpaired) electrons. The second-order valence-electron chi connectivity index (χ2n) is 6.13. The topological polar surface area (TPSA) is 88.4 Å². The van der Waals surface area contributed by atoms with Gasteiger partial charge in [0.15, 0.2) is 0 Å². The molecule has 0 spiro atoms. The number of furan rings is 1. The highest BCUT2D eigenvalue weighted by Crippen LogP contribution is 2.19. The first-order valence-corrected chi connectivity index (χ1v) is 9.85. The monoisotopic (exact) mass is 384 g/mol. The zero-order valence-electron chi connectivity index (χ0n) is 15.0. The normalized spacial score (nSPS) is 11.3. The minimum Gasteiger partial charge on any atom is -0.468 e. The lowest BCUT2D eigenvalue weighted by Crippen LogP contribution is -2.23. The molecular weight excluding hydrogens is 364 g/mol. The summed E-state index contributed by atoms with van der Waals surface area (Å²) in [6.45, 7) is 3.97. The highest BCUT2D eigenvalue weighted by molar-refractivity contribution is 7.89. The summed E-state index contributed by atoms with van der Waals surface area (Å²) in [4.78, 5) is 12.5. The van der Waals surface area contributed by atoms with Gasteiger partial charge in [-0.1, -0.05) is 12.1 Å². The summed E-state index contributed by atoms with van der Waals surface area (Å²) in [5.41, 5.74) is 3.18. The van der Waals surface area contributed by atoms with Crippen LogP contribution in [0.1, 0.15) is 27.2 Å². The number of rotatable bonds is 6. The number of carbonyl (C=O) groups is 1. The first kappa shape index (κ1) is 18.9. The molecule has 1 aromatic heterocycles. The fourth-order valence-corrected chi connectivity index (χ4v) is 3.52. The molecule has 1 amide bonds. The van der Waals surface area contributed by atoms with E-state index in [9.17, 15) is 13.2 Å². The van der Waals surface area contributed by atoms with Crippen LogP contribution in [0.15, 0.2) is 70.2 Å². The molecule has 2 N–H and O–H groups in total. The van der Waals surface area contributed by atoms with Gasteiger partial charge in [-0.3, -0.25) is 4.79 Å². The minimum absolute atomic E-state index is 0.0597. The van der Waals surface area contributed by atoms with Gasteiger partial charge in [0.2, 0.25) is 10.0 Å². The predicted octanol–water partition coefficient (Wildman–Crippen LogP) is 3.63. The molecule has 0 aliphatic heterocycles. The minimum atomic E-state index is -3.69. The second kappa shape index (κ2) is 7.77. The third-order valence-electron chi connectivity index (χ3n) is 4.30. The number of aryl methyl sites for hydroxylation is 1. The van der Waals surface area contributed by atoms with Crippen LogP contribution < -0.4 is 10.0 Å². The third kappa shape index (κ3) is 4.45. The van der Waals surface area contributed by atoms with Crippen molar-refractivity contribution in [2.45, 2.75) is 25.3 Å². The van der Waals surface area contributed by atoms with Gasteiger partial charge in [0.1, 0.15) is 5.76 Å². The van der Waals surface area contributed by atoms with Crippen molar-refractivity contribution in [2.24, 2.45) is 0 Å². The van der Waals surface area contributed by atoms with E-state index in [0.29, 0.717) is 11.3 Å². The van der Waals surface area contributed by atoms with Crippen LogP contribution >= 0.6 is 0 Å². The van der Waals surface area contributed by atoms with Crippen LogP contribution in [0.3, 0.4) is 0 Å². The maximum Gasteiger partial charge on any atom is 0.255 e. The zero-order valence-corrected chi connectivity index (χ0v) is 15.8. The van der Waals surface area contributed by atoms with Crippen LogP contribution in [0, 0.1) is 13.8 Å². The summed E-state index contributed by atoms with van der Waals surface area (Å²) >= 11 is 0. The lowest BCUT2D eigenvalue weighted by atomic mass is 10.1. The summed E-state index contributed by atoms with van der Waals surface area (Å²) in [7, 11) is -3.69.